The number of hydrogen-bond acceptors (Lipinski definition) is 5. The monoisotopic (exact) mass is 201 g/mol. The largest absolute Gasteiger partial charge is 0.377 e. The van der Waals surface area contributed by atoms with Gasteiger partial charge >= 0.3 is 0 Å². The Balaban J connectivity index is 2.53. The zero-order valence-corrected chi connectivity index (χ0v) is 8.62. The third kappa shape index (κ3) is 1.90. The van der Waals surface area contributed by atoms with Gasteiger partial charge in [0, 0.05) is 25.3 Å². The predicted molar refractivity (Wildman–Crippen MR) is 57.4 cm³/mol. The van der Waals surface area contributed by atoms with E-state index in [1.807, 2.05) is 43.3 Å². The summed E-state index contributed by atoms with van der Waals surface area (Å²) in [6.45, 7) is 0. The Hall–Kier alpha value is -2.04. The molecule has 0 amide bonds. The van der Waals surface area contributed by atoms with Crippen molar-refractivity contribution in [2.75, 3.05) is 19.0 Å². The van der Waals surface area contributed by atoms with Crippen molar-refractivity contribution < 1.29 is 0 Å². The zero-order chi connectivity index (χ0) is 10.7. The van der Waals surface area contributed by atoms with Gasteiger partial charge in [-0.1, -0.05) is 18.2 Å². The minimum Gasteiger partial charge on any atom is -0.377 e. The summed E-state index contributed by atoms with van der Waals surface area (Å²) in [5.74, 6) is 0. The zero-order valence-electron chi connectivity index (χ0n) is 8.62. The first-order valence-corrected chi connectivity index (χ1v) is 4.57. The van der Waals surface area contributed by atoms with Crippen LogP contribution in [-0.2, 0) is 0 Å². The van der Waals surface area contributed by atoms with E-state index in [1.54, 1.807) is 6.20 Å². The van der Waals surface area contributed by atoms with Crippen LogP contribution in [0, 0.1) is 0 Å². The maximum Gasteiger partial charge on any atom is 0.117 e. The summed E-state index contributed by atoms with van der Waals surface area (Å²) < 4.78 is 0. The lowest BCUT2D eigenvalue weighted by Crippen LogP contribution is -2.10. The molecule has 0 fully saturated rings. The Morgan fingerprint density at radius 2 is 1.87 bits per heavy atom. The normalized spacial score (nSPS) is 10.0. The summed E-state index contributed by atoms with van der Waals surface area (Å²) in [6.07, 6.45) is 1.61. The molecule has 1 heterocycles. The van der Waals surface area contributed by atoms with Gasteiger partial charge in [-0.15, -0.1) is 10.2 Å². The number of rotatable bonds is 2. The quantitative estimate of drug-likeness (QED) is 0.725. The lowest BCUT2D eigenvalue weighted by atomic mass is 10.1. The fourth-order valence-electron chi connectivity index (χ4n) is 1.40. The molecule has 0 N–H and O–H groups in total. The van der Waals surface area contributed by atoms with Crippen molar-refractivity contribution in [2.24, 2.45) is 0 Å². The predicted octanol–water partition coefficient (Wildman–Crippen LogP) is 1.000. The lowest BCUT2D eigenvalue weighted by Gasteiger charge is -2.15. The molecule has 5 heteroatoms. The van der Waals surface area contributed by atoms with E-state index in [0.717, 1.165) is 16.9 Å². The van der Waals surface area contributed by atoms with Crippen molar-refractivity contribution in [3.8, 4) is 11.3 Å². The molecule has 2 rings (SSSR count). The van der Waals surface area contributed by atoms with Crippen molar-refractivity contribution in [3.63, 3.8) is 0 Å². The van der Waals surface area contributed by atoms with Gasteiger partial charge in [-0.2, -0.15) is 0 Å². The van der Waals surface area contributed by atoms with E-state index in [1.165, 1.54) is 0 Å². The van der Waals surface area contributed by atoms with Crippen molar-refractivity contribution in [2.45, 2.75) is 0 Å². The minimum absolute atomic E-state index is 0.731. The molecular formula is C10H11N5. The van der Waals surface area contributed by atoms with E-state index in [2.05, 4.69) is 20.6 Å². The summed E-state index contributed by atoms with van der Waals surface area (Å²) in [5.41, 5.74) is 2.82. The third-order valence-corrected chi connectivity index (χ3v) is 2.09. The lowest BCUT2D eigenvalue weighted by molar-refractivity contribution is 0.766. The fourth-order valence-corrected chi connectivity index (χ4v) is 1.40. The van der Waals surface area contributed by atoms with Crippen LogP contribution >= 0.6 is 0 Å². The van der Waals surface area contributed by atoms with Crippen LogP contribution in [0.2, 0.25) is 0 Å². The van der Waals surface area contributed by atoms with E-state index in [0.29, 0.717) is 0 Å². The van der Waals surface area contributed by atoms with Crippen molar-refractivity contribution in [3.05, 3.63) is 30.5 Å². The van der Waals surface area contributed by atoms with Gasteiger partial charge < -0.3 is 4.90 Å². The van der Waals surface area contributed by atoms with Crippen LogP contribution in [0.25, 0.3) is 11.3 Å². The van der Waals surface area contributed by atoms with Crippen LogP contribution in [-0.4, -0.2) is 34.7 Å². The Morgan fingerprint density at radius 3 is 2.53 bits per heavy atom. The molecule has 0 aliphatic rings. The molecule has 1 aromatic heterocycles. The first kappa shape index (κ1) is 9.51. The van der Waals surface area contributed by atoms with Crippen LogP contribution in [0.5, 0.6) is 0 Å². The van der Waals surface area contributed by atoms with Crippen LogP contribution in [0.4, 0.5) is 5.69 Å². The van der Waals surface area contributed by atoms with Crippen LogP contribution in [0.3, 0.4) is 0 Å². The highest BCUT2D eigenvalue weighted by Crippen LogP contribution is 2.26. The van der Waals surface area contributed by atoms with Crippen LogP contribution in [0.15, 0.2) is 30.5 Å². The Morgan fingerprint density at radius 1 is 1.07 bits per heavy atom. The summed E-state index contributed by atoms with van der Waals surface area (Å²) in [5, 5.41) is 14.6. The van der Waals surface area contributed by atoms with Crippen molar-refractivity contribution in [1.82, 2.24) is 20.6 Å². The highest BCUT2D eigenvalue weighted by Gasteiger charge is 2.07. The first-order chi connectivity index (χ1) is 7.29. The molecule has 2 aromatic rings. The number of anilines is 1. The molecule has 1 aromatic carbocycles. The smallest absolute Gasteiger partial charge is 0.117 e. The SMILES string of the molecule is CN(C)c1ccccc1-c1cnnnn1. The average molecular weight is 201 g/mol. The first-order valence-electron chi connectivity index (χ1n) is 4.57. The van der Waals surface area contributed by atoms with Gasteiger partial charge in [0.25, 0.3) is 0 Å². The third-order valence-electron chi connectivity index (χ3n) is 2.09. The topological polar surface area (TPSA) is 54.8 Å². The second kappa shape index (κ2) is 4.00. The highest BCUT2D eigenvalue weighted by molar-refractivity contribution is 5.75. The van der Waals surface area contributed by atoms with Gasteiger partial charge in [-0.05, 0) is 16.5 Å². The van der Waals surface area contributed by atoms with Gasteiger partial charge in [-0.25, -0.2) is 0 Å². The maximum atomic E-state index is 3.94. The van der Waals surface area contributed by atoms with Gasteiger partial charge in [0.2, 0.25) is 0 Å². The number of nitrogens with zero attached hydrogens (tertiary/aromatic N) is 5. The number of hydrogen-bond donors (Lipinski definition) is 0. The molecule has 5 nitrogen and oxygen atoms in total. The van der Waals surface area contributed by atoms with Crippen LogP contribution < -0.4 is 4.90 Å². The summed E-state index contributed by atoms with van der Waals surface area (Å²) in [7, 11) is 3.97. The second-order valence-electron chi connectivity index (χ2n) is 3.32. The second-order valence-corrected chi connectivity index (χ2v) is 3.32. The number of aromatic nitrogens is 4. The fraction of sp³-hybridized carbons (Fsp3) is 0.200. The number of benzene rings is 1. The Labute approximate surface area is 87.8 Å². The maximum absolute atomic E-state index is 3.94. The van der Waals surface area contributed by atoms with E-state index >= 15 is 0 Å². The molecule has 0 bridgehead atoms. The van der Waals surface area contributed by atoms with Crippen molar-refractivity contribution in [1.29, 1.82) is 0 Å². The standard InChI is InChI=1S/C10H11N5/c1-15(2)10-6-4-3-5-8(10)9-7-11-13-14-12-9/h3-7H,1-2H3. The summed E-state index contributed by atoms with van der Waals surface area (Å²) in [6, 6.07) is 7.96. The Bertz CT molecular complexity index is 441. The molecule has 0 saturated heterocycles. The molecule has 0 atom stereocenters. The number of para-hydroxylation sites is 1. The van der Waals surface area contributed by atoms with Gasteiger partial charge in [0.15, 0.2) is 0 Å². The van der Waals surface area contributed by atoms with Crippen molar-refractivity contribution >= 4 is 5.69 Å². The summed E-state index contributed by atoms with van der Waals surface area (Å²) >= 11 is 0. The molecule has 0 saturated carbocycles. The van der Waals surface area contributed by atoms with Gasteiger partial charge in [0.05, 0.1) is 6.20 Å². The molecule has 0 unspecified atom stereocenters. The molecular weight excluding hydrogens is 190 g/mol. The van der Waals surface area contributed by atoms with E-state index in [9.17, 15) is 0 Å². The molecule has 0 spiro atoms. The molecule has 0 radical (unpaired) electrons. The van der Waals surface area contributed by atoms with Crippen LogP contribution in [0.1, 0.15) is 0 Å². The molecule has 0 aliphatic carbocycles. The molecule has 0 aliphatic heterocycles. The Kier molecular flexibility index (Phi) is 2.53. The summed E-state index contributed by atoms with van der Waals surface area (Å²) in [4.78, 5) is 2.03. The van der Waals surface area contributed by atoms with E-state index in [4.69, 9.17) is 0 Å². The van der Waals surface area contributed by atoms with Gasteiger partial charge in [0.1, 0.15) is 5.69 Å². The minimum atomic E-state index is 0.731. The van der Waals surface area contributed by atoms with E-state index < -0.39 is 0 Å². The average Bonchev–Trinajstić information content (AvgIpc) is 2.30. The van der Waals surface area contributed by atoms with Gasteiger partial charge in [-0.3, -0.25) is 0 Å². The molecule has 15 heavy (non-hydrogen) atoms. The molecule has 76 valence electrons. The van der Waals surface area contributed by atoms with E-state index in [-0.39, 0.29) is 0 Å². The highest BCUT2D eigenvalue weighted by atomic mass is 15.4.